The Labute approximate surface area is 109 Å². The largest absolute Gasteiger partial charge is 0.354 e. The quantitative estimate of drug-likeness (QED) is 0.795. The molecule has 1 saturated heterocycles. The molecule has 0 aromatic carbocycles. The van der Waals surface area contributed by atoms with Crippen molar-refractivity contribution in [2.75, 3.05) is 31.1 Å². The zero-order chi connectivity index (χ0) is 13.1. The lowest BCUT2D eigenvalue weighted by molar-refractivity contribution is 0.209. The highest BCUT2D eigenvalue weighted by atomic mass is 15.3. The van der Waals surface area contributed by atoms with Crippen molar-refractivity contribution in [2.45, 2.75) is 26.8 Å². The maximum atomic E-state index is 8.91. The van der Waals surface area contributed by atoms with Crippen molar-refractivity contribution in [1.82, 2.24) is 9.88 Å². The molecule has 1 aromatic rings. The molecule has 4 nitrogen and oxygen atoms in total. The molecule has 2 heterocycles. The zero-order valence-electron chi connectivity index (χ0n) is 11.3. The smallest absolute Gasteiger partial charge is 0.128 e. The van der Waals surface area contributed by atoms with Crippen LogP contribution < -0.4 is 4.90 Å². The van der Waals surface area contributed by atoms with Gasteiger partial charge in [-0.15, -0.1) is 0 Å². The van der Waals surface area contributed by atoms with Crippen LogP contribution >= 0.6 is 0 Å². The van der Waals surface area contributed by atoms with Crippen molar-refractivity contribution < 1.29 is 0 Å². The SMILES string of the molecule is Cc1cc(N2CCN(C(C)C)CC2)ncc1C#N. The van der Waals surface area contributed by atoms with Crippen LogP contribution in [0.3, 0.4) is 0 Å². The first-order chi connectivity index (χ1) is 8.61. The van der Waals surface area contributed by atoms with Gasteiger partial charge in [0.05, 0.1) is 5.56 Å². The maximum absolute atomic E-state index is 8.91. The average molecular weight is 244 g/mol. The fraction of sp³-hybridized carbons (Fsp3) is 0.571. The summed E-state index contributed by atoms with van der Waals surface area (Å²) < 4.78 is 0. The van der Waals surface area contributed by atoms with Crippen LogP contribution in [-0.4, -0.2) is 42.1 Å². The molecule has 1 aromatic heterocycles. The van der Waals surface area contributed by atoms with Gasteiger partial charge in [0.15, 0.2) is 0 Å². The lowest BCUT2D eigenvalue weighted by Gasteiger charge is -2.37. The molecule has 1 aliphatic heterocycles. The summed E-state index contributed by atoms with van der Waals surface area (Å²) in [6.45, 7) is 10.6. The van der Waals surface area contributed by atoms with Gasteiger partial charge in [0.1, 0.15) is 11.9 Å². The van der Waals surface area contributed by atoms with Crippen molar-refractivity contribution in [3.8, 4) is 6.07 Å². The van der Waals surface area contributed by atoms with Gasteiger partial charge in [-0.05, 0) is 32.4 Å². The lowest BCUT2D eigenvalue weighted by Crippen LogP contribution is -2.49. The van der Waals surface area contributed by atoms with E-state index in [2.05, 4.69) is 34.7 Å². The Morgan fingerprint density at radius 1 is 1.28 bits per heavy atom. The maximum Gasteiger partial charge on any atom is 0.128 e. The predicted molar refractivity (Wildman–Crippen MR) is 72.6 cm³/mol. The van der Waals surface area contributed by atoms with E-state index in [1.165, 1.54) is 0 Å². The molecule has 0 atom stereocenters. The van der Waals surface area contributed by atoms with Gasteiger partial charge in [-0.1, -0.05) is 0 Å². The van der Waals surface area contributed by atoms with Crippen LogP contribution in [0.5, 0.6) is 0 Å². The average Bonchev–Trinajstić information content (AvgIpc) is 2.38. The molecule has 4 heteroatoms. The first kappa shape index (κ1) is 12.8. The van der Waals surface area contributed by atoms with Crippen molar-refractivity contribution in [3.05, 3.63) is 23.4 Å². The number of hydrogen-bond donors (Lipinski definition) is 0. The predicted octanol–water partition coefficient (Wildman–Crippen LogP) is 1.79. The second kappa shape index (κ2) is 5.36. The Balaban J connectivity index is 2.06. The highest BCUT2D eigenvalue weighted by Gasteiger charge is 2.19. The molecule has 1 fully saturated rings. The number of pyridine rings is 1. The van der Waals surface area contributed by atoms with E-state index in [0.717, 1.165) is 37.6 Å². The Kier molecular flexibility index (Phi) is 3.83. The normalized spacial score (nSPS) is 16.9. The Morgan fingerprint density at radius 2 is 1.94 bits per heavy atom. The molecule has 2 rings (SSSR count). The third-order valence-corrected chi connectivity index (χ3v) is 3.59. The number of anilines is 1. The third-order valence-electron chi connectivity index (χ3n) is 3.59. The fourth-order valence-corrected chi connectivity index (χ4v) is 2.30. The molecule has 1 aliphatic rings. The Hall–Kier alpha value is -1.60. The Morgan fingerprint density at radius 3 is 2.44 bits per heavy atom. The van der Waals surface area contributed by atoms with Crippen LogP contribution in [0.1, 0.15) is 25.0 Å². The molecular formula is C14H20N4. The second-order valence-electron chi connectivity index (χ2n) is 5.09. The molecule has 0 aliphatic carbocycles. The number of nitriles is 1. The van der Waals surface area contributed by atoms with Gasteiger partial charge in [-0.25, -0.2) is 4.98 Å². The standard InChI is InChI=1S/C14H20N4/c1-11(2)17-4-6-18(7-5-17)14-8-12(3)13(9-15)10-16-14/h8,10-11H,4-7H2,1-3H3. The summed E-state index contributed by atoms with van der Waals surface area (Å²) in [4.78, 5) is 9.17. The van der Waals surface area contributed by atoms with Gasteiger partial charge in [-0.3, -0.25) is 4.90 Å². The molecule has 0 radical (unpaired) electrons. The van der Waals surface area contributed by atoms with Crippen molar-refractivity contribution in [3.63, 3.8) is 0 Å². The summed E-state index contributed by atoms with van der Waals surface area (Å²) in [5.74, 6) is 0.995. The molecular weight excluding hydrogens is 224 g/mol. The van der Waals surface area contributed by atoms with Crippen LogP contribution in [0, 0.1) is 18.3 Å². The molecule has 0 saturated carbocycles. The summed E-state index contributed by atoms with van der Waals surface area (Å²) in [5.41, 5.74) is 1.67. The van der Waals surface area contributed by atoms with E-state index in [-0.39, 0.29) is 0 Å². The zero-order valence-corrected chi connectivity index (χ0v) is 11.3. The van der Waals surface area contributed by atoms with Gasteiger partial charge in [0.25, 0.3) is 0 Å². The number of aromatic nitrogens is 1. The van der Waals surface area contributed by atoms with E-state index in [4.69, 9.17) is 5.26 Å². The van der Waals surface area contributed by atoms with Gasteiger partial charge < -0.3 is 4.90 Å². The van der Waals surface area contributed by atoms with Gasteiger partial charge in [-0.2, -0.15) is 5.26 Å². The summed E-state index contributed by atoms with van der Waals surface area (Å²) >= 11 is 0. The number of aryl methyl sites for hydroxylation is 1. The summed E-state index contributed by atoms with van der Waals surface area (Å²) in [5, 5.41) is 8.91. The van der Waals surface area contributed by atoms with E-state index in [1.807, 2.05) is 13.0 Å². The summed E-state index contributed by atoms with van der Waals surface area (Å²) in [6.07, 6.45) is 1.68. The highest BCUT2D eigenvalue weighted by Crippen LogP contribution is 2.17. The minimum absolute atomic E-state index is 0.614. The van der Waals surface area contributed by atoms with Gasteiger partial charge >= 0.3 is 0 Å². The number of nitrogens with zero attached hydrogens (tertiary/aromatic N) is 4. The summed E-state index contributed by atoms with van der Waals surface area (Å²) in [7, 11) is 0. The number of piperazine rings is 1. The molecule has 18 heavy (non-hydrogen) atoms. The minimum atomic E-state index is 0.614. The van der Waals surface area contributed by atoms with Crippen molar-refractivity contribution in [2.24, 2.45) is 0 Å². The highest BCUT2D eigenvalue weighted by molar-refractivity contribution is 5.47. The minimum Gasteiger partial charge on any atom is -0.354 e. The van der Waals surface area contributed by atoms with Crippen LogP contribution in [0.4, 0.5) is 5.82 Å². The first-order valence-electron chi connectivity index (χ1n) is 6.47. The first-order valence-corrected chi connectivity index (χ1v) is 6.47. The molecule has 0 N–H and O–H groups in total. The molecule has 0 bridgehead atoms. The van der Waals surface area contributed by atoms with Gasteiger partial charge in [0.2, 0.25) is 0 Å². The van der Waals surface area contributed by atoms with Gasteiger partial charge in [0, 0.05) is 38.4 Å². The van der Waals surface area contributed by atoms with Crippen molar-refractivity contribution in [1.29, 1.82) is 5.26 Å². The van der Waals surface area contributed by atoms with Crippen LogP contribution in [0.25, 0.3) is 0 Å². The molecule has 96 valence electrons. The third kappa shape index (κ3) is 2.62. The van der Waals surface area contributed by atoms with Crippen LogP contribution in [-0.2, 0) is 0 Å². The number of rotatable bonds is 2. The summed E-state index contributed by atoms with van der Waals surface area (Å²) in [6, 6.07) is 4.79. The van der Waals surface area contributed by atoms with Crippen molar-refractivity contribution >= 4 is 5.82 Å². The van der Waals surface area contributed by atoms with Crippen LogP contribution in [0.15, 0.2) is 12.3 Å². The second-order valence-corrected chi connectivity index (χ2v) is 5.09. The molecule has 0 amide bonds. The molecule has 0 unspecified atom stereocenters. The lowest BCUT2D eigenvalue weighted by atomic mass is 10.1. The van der Waals surface area contributed by atoms with E-state index in [9.17, 15) is 0 Å². The van der Waals surface area contributed by atoms with E-state index in [1.54, 1.807) is 6.20 Å². The van der Waals surface area contributed by atoms with E-state index in [0.29, 0.717) is 11.6 Å². The Bertz CT molecular complexity index is 453. The number of hydrogen-bond acceptors (Lipinski definition) is 4. The van der Waals surface area contributed by atoms with Crippen LogP contribution in [0.2, 0.25) is 0 Å². The van der Waals surface area contributed by atoms with E-state index >= 15 is 0 Å². The van der Waals surface area contributed by atoms with E-state index < -0.39 is 0 Å². The molecule has 0 spiro atoms. The fourth-order valence-electron chi connectivity index (χ4n) is 2.30. The monoisotopic (exact) mass is 244 g/mol. The topological polar surface area (TPSA) is 43.2 Å².